The Kier molecular flexibility index (Phi) is 5.64. The van der Waals surface area contributed by atoms with Crippen LogP contribution in [0.2, 0.25) is 0 Å². The van der Waals surface area contributed by atoms with Gasteiger partial charge in [0.15, 0.2) is 16.1 Å². The molecular formula is C19H21BrFN3O3. The van der Waals surface area contributed by atoms with Gasteiger partial charge >= 0.3 is 0 Å². The van der Waals surface area contributed by atoms with Crippen molar-refractivity contribution in [1.82, 2.24) is 9.97 Å². The van der Waals surface area contributed by atoms with Crippen LogP contribution in [-0.4, -0.2) is 35.1 Å². The van der Waals surface area contributed by atoms with Crippen LogP contribution in [0.25, 0.3) is 22.1 Å². The molecule has 0 saturated carbocycles. The molecule has 27 heavy (non-hydrogen) atoms. The number of hydrogen-bond donors (Lipinski definition) is 0. The van der Waals surface area contributed by atoms with E-state index >= 15 is 0 Å². The number of fused-ring (bicyclic) bond motifs is 3. The number of nitrogens with zero attached hydrogens (tertiary/aromatic N) is 3. The van der Waals surface area contributed by atoms with Gasteiger partial charge in [0.05, 0.1) is 0 Å². The van der Waals surface area contributed by atoms with E-state index in [-0.39, 0.29) is 11.4 Å². The lowest BCUT2D eigenvalue weighted by molar-refractivity contribution is -0.138. The van der Waals surface area contributed by atoms with Gasteiger partial charge in [0.1, 0.15) is 22.5 Å². The van der Waals surface area contributed by atoms with E-state index in [0.717, 1.165) is 42.7 Å². The Morgan fingerprint density at radius 3 is 2.56 bits per heavy atom. The molecule has 6 nitrogen and oxygen atoms in total. The predicted molar refractivity (Wildman–Crippen MR) is 105 cm³/mol. The Labute approximate surface area is 164 Å². The van der Waals surface area contributed by atoms with Crippen LogP contribution in [0.3, 0.4) is 0 Å². The van der Waals surface area contributed by atoms with Gasteiger partial charge in [-0.2, -0.15) is 0 Å². The number of rotatable bonds is 2. The van der Waals surface area contributed by atoms with Crippen molar-refractivity contribution in [2.75, 3.05) is 18.0 Å². The van der Waals surface area contributed by atoms with Crippen LogP contribution < -0.4 is 4.90 Å². The topological polar surface area (TPSA) is 68.5 Å². The number of carbonyl (C=O) groups excluding carboxylic acids is 1. The van der Waals surface area contributed by atoms with Gasteiger partial charge in [-0.25, -0.2) is 14.4 Å². The number of benzene rings is 1. The quantitative estimate of drug-likeness (QED) is 0.422. The normalized spacial score (nSPS) is 14.3. The first kappa shape index (κ1) is 19.5. The molecule has 0 amide bonds. The van der Waals surface area contributed by atoms with Crippen LogP contribution >= 0.6 is 15.9 Å². The zero-order chi connectivity index (χ0) is 19.6. The number of ether oxygens (including phenoxy) is 1. The number of hydrogen-bond acceptors (Lipinski definition) is 6. The summed E-state index contributed by atoms with van der Waals surface area (Å²) in [6.07, 6.45) is 2.30. The Morgan fingerprint density at radius 2 is 1.96 bits per heavy atom. The monoisotopic (exact) mass is 437 g/mol. The molecule has 0 unspecified atom stereocenters. The van der Waals surface area contributed by atoms with Crippen molar-refractivity contribution in [1.29, 1.82) is 0 Å². The molecule has 0 atom stereocenters. The van der Waals surface area contributed by atoms with E-state index < -0.39 is 0 Å². The van der Waals surface area contributed by atoms with Crippen LogP contribution in [0, 0.1) is 5.82 Å². The largest absolute Gasteiger partial charge is 0.462 e. The summed E-state index contributed by atoms with van der Waals surface area (Å²) in [7, 11) is 0. The van der Waals surface area contributed by atoms with Crippen molar-refractivity contribution in [3.05, 3.63) is 28.7 Å². The Bertz CT molecular complexity index is 962. The van der Waals surface area contributed by atoms with Crippen LogP contribution in [-0.2, 0) is 9.53 Å². The molecule has 3 heterocycles. The molecule has 4 rings (SSSR count). The van der Waals surface area contributed by atoms with Gasteiger partial charge in [0, 0.05) is 24.5 Å². The first-order valence-corrected chi connectivity index (χ1v) is 9.49. The highest BCUT2D eigenvalue weighted by molar-refractivity contribution is 9.10. The number of carbonyl (C=O) groups is 1. The summed E-state index contributed by atoms with van der Waals surface area (Å²) in [5, 5.41) is 0.810. The summed E-state index contributed by atoms with van der Waals surface area (Å²) in [5.74, 6) is 0.474. The lowest BCUT2D eigenvalue weighted by atomic mass is 10.2. The van der Waals surface area contributed by atoms with Crippen LogP contribution in [0.5, 0.6) is 0 Å². The third kappa shape index (κ3) is 4.55. The van der Waals surface area contributed by atoms with E-state index in [0.29, 0.717) is 22.4 Å². The Hall–Kier alpha value is -2.22. The lowest BCUT2D eigenvalue weighted by Gasteiger charge is -2.15. The first-order valence-electron chi connectivity index (χ1n) is 8.70. The molecule has 1 fully saturated rings. The van der Waals surface area contributed by atoms with Crippen molar-refractivity contribution >= 4 is 50.3 Å². The molecule has 8 heteroatoms. The molecule has 3 aromatic rings. The van der Waals surface area contributed by atoms with Gasteiger partial charge in [0.25, 0.3) is 6.47 Å². The van der Waals surface area contributed by atoms with Gasteiger partial charge in [0.2, 0.25) is 0 Å². The zero-order valence-electron chi connectivity index (χ0n) is 15.5. The van der Waals surface area contributed by atoms with E-state index in [1.165, 1.54) is 12.1 Å². The minimum absolute atomic E-state index is 0.314. The highest BCUT2D eigenvalue weighted by atomic mass is 79.9. The zero-order valence-corrected chi connectivity index (χ0v) is 17.0. The first-order chi connectivity index (χ1) is 12.8. The van der Waals surface area contributed by atoms with Gasteiger partial charge in [-0.3, -0.25) is 4.79 Å². The Balaban J connectivity index is 0.000000260. The predicted octanol–water partition coefficient (Wildman–Crippen LogP) is 4.84. The molecule has 2 aromatic heterocycles. The second-order valence-electron chi connectivity index (χ2n) is 7.26. The summed E-state index contributed by atoms with van der Waals surface area (Å²) in [4.78, 5) is 20.6. The van der Waals surface area contributed by atoms with Crippen molar-refractivity contribution in [3.63, 3.8) is 0 Å². The van der Waals surface area contributed by atoms with Gasteiger partial charge in [-0.1, -0.05) is 0 Å². The third-order valence-electron chi connectivity index (χ3n) is 4.04. The molecule has 1 aliphatic heterocycles. The molecule has 0 spiro atoms. The standard InChI is InChI=1S/C14H11BrFN3O.C5H10O2/c15-14-17-11-9-4-3-8(16)7-10(9)20-12(11)13(18-14)19-5-1-2-6-19;1-5(2,3)7-4-6/h3-4,7H,1-2,5-6H2;4H,1-3H3. The van der Waals surface area contributed by atoms with Crippen LogP contribution in [0.15, 0.2) is 27.3 Å². The van der Waals surface area contributed by atoms with E-state index in [2.05, 4.69) is 35.5 Å². The lowest BCUT2D eigenvalue weighted by Crippen LogP contribution is -2.19. The van der Waals surface area contributed by atoms with Crippen molar-refractivity contribution in [3.8, 4) is 0 Å². The van der Waals surface area contributed by atoms with Gasteiger partial charge in [-0.05, 0) is 61.7 Å². The molecule has 1 aromatic carbocycles. The number of halogens is 2. The average Bonchev–Trinajstić information content (AvgIpc) is 3.21. The molecule has 0 aliphatic carbocycles. The highest BCUT2D eigenvalue weighted by Gasteiger charge is 2.22. The summed E-state index contributed by atoms with van der Waals surface area (Å²) in [5.41, 5.74) is 1.55. The maximum atomic E-state index is 13.3. The van der Waals surface area contributed by atoms with E-state index in [9.17, 15) is 9.18 Å². The minimum atomic E-state index is -0.318. The molecule has 0 radical (unpaired) electrons. The third-order valence-corrected chi connectivity index (χ3v) is 4.39. The second-order valence-corrected chi connectivity index (χ2v) is 7.97. The van der Waals surface area contributed by atoms with E-state index in [1.54, 1.807) is 6.07 Å². The van der Waals surface area contributed by atoms with Gasteiger partial charge < -0.3 is 14.1 Å². The Morgan fingerprint density at radius 1 is 1.26 bits per heavy atom. The molecule has 0 N–H and O–H groups in total. The molecule has 1 saturated heterocycles. The molecule has 0 bridgehead atoms. The van der Waals surface area contributed by atoms with Crippen molar-refractivity contribution in [2.24, 2.45) is 0 Å². The SMILES string of the molecule is CC(C)(C)OC=O.Fc1ccc2c(c1)oc1c(N3CCCC3)nc(Br)nc12. The van der Waals surface area contributed by atoms with Crippen LogP contribution in [0.1, 0.15) is 33.6 Å². The number of furan rings is 1. The highest BCUT2D eigenvalue weighted by Crippen LogP contribution is 2.35. The van der Waals surface area contributed by atoms with E-state index in [1.807, 2.05) is 20.8 Å². The average molecular weight is 438 g/mol. The van der Waals surface area contributed by atoms with Crippen molar-refractivity contribution in [2.45, 2.75) is 39.2 Å². The number of anilines is 1. The summed E-state index contributed by atoms with van der Waals surface area (Å²) < 4.78 is 24.2. The molecule has 1 aliphatic rings. The fourth-order valence-corrected chi connectivity index (χ4v) is 3.21. The molecule has 144 valence electrons. The smallest absolute Gasteiger partial charge is 0.293 e. The fourth-order valence-electron chi connectivity index (χ4n) is 2.86. The van der Waals surface area contributed by atoms with Gasteiger partial charge in [-0.15, -0.1) is 0 Å². The second kappa shape index (κ2) is 7.80. The van der Waals surface area contributed by atoms with Crippen LogP contribution in [0.4, 0.5) is 10.2 Å². The van der Waals surface area contributed by atoms with Crippen molar-refractivity contribution < 1.29 is 18.3 Å². The maximum Gasteiger partial charge on any atom is 0.293 e. The molecular weight excluding hydrogens is 417 g/mol. The number of aromatic nitrogens is 2. The summed E-state index contributed by atoms with van der Waals surface area (Å²) >= 11 is 3.35. The summed E-state index contributed by atoms with van der Waals surface area (Å²) in [6, 6.07) is 4.51. The maximum absolute atomic E-state index is 13.3. The fraction of sp³-hybridized carbons (Fsp3) is 0.421. The van der Waals surface area contributed by atoms with E-state index in [4.69, 9.17) is 4.42 Å². The summed E-state index contributed by atoms with van der Waals surface area (Å²) in [6.45, 7) is 7.85. The minimum Gasteiger partial charge on any atom is -0.462 e.